The Morgan fingerprint density at radius 1 is 1.50 bits per heavy atom. The number of thioether (sulfide) groups is 1. The molecule has 0 amide bonds. The van der Waals surface area contributed by atoms with Crippen LogP contribution in [0.25, 0.3) is 0 Å². The Hall–Kier alpha value is -0.900. The number of nitrogens with zero attached hydrogens (tertiary/aromatic N) is 2. The lowest BCUT2D eigenvalue weighted by Gasteiger charge is -2.06. The van der Waals surface area contributed by atoms with E-state index in [-0.39, 0.29) is 0 Å². The summed E-state index contributed by atoms with van der Waals surface area (Å²) in [7, 11) is 0. The van der Waals surface area contributed by atoms with Crippen molar-refractivity contribution in [3.63, 3.8) is 0 Å². The Labute approximate surface area is 88.3 Å². The first-order valence-corrected chi connectivity index (χ1v) is 5.68. The second kappa shape index (κ2) is 5.75. The van der Waals surface area contributed by atoms with Gasteiger partial charge in [-0.05, 0) is 6.42 Å². The lowest BCUT2D eigenvalue weighted by molar-refractivity contribution is 0.112. The minimum atomic E-state index is 0.530. The maximum atomic E-state index is 10.3. The minimum absolute atomic E-state index is 0.530. The Bertz CT molecular complexity index is 287. The quantitative estimate of drug-likeness (QED) is 0.699. The molecule has 1 aromatic heterocycles. The van der Waals surface area contributed by atoms with E-state index < -0.39 is 0 Å². The first-order valence-electron chi connectivity index (χ1n) is 4.64. The van der Waals surface area contributed by atoms with Gasteiger partial charge in [-0.2, -0.15) is 11.8 Å². The summed E-state index contributed by atoms with van der Waals surface area (Å²) in [6.07, 6.45) is 5.03. The summed E-state index contributed by atoms with van der Waals surface area (Å²) in [6.45, 7) is 4.35. The maximum Gasteiger partial charge on any atom is 0.153 e. The van der Waals surface area contributed by atoms with Gasteiger partial charge in [0.1, 0.15) is 5.82 Å². The molecule has 76 valence electrons. The molecule has 1 unspecified atom stereocenters. The van der Waals surface area contributed by atoms with Crippen molar-refractivity contribution in [2.75, 3.05) is 0 Å². The largest absolute Gasteiger partial charge is 0.298 e. The van der Waals surface area contributed by atoms with Gasteiger partial charge in [0.2, 0.25) is 0 Å². The van der Waals surface area contributed by atoms with Crippen molar-refractivity contribution in [2.45, 2.75) is 31.3 Å². The Morgan fingerprint density at radius 3 is 2.64 bits per heavy atom. The molecular weight excluding hydrogens is 196 g/mol. The highest BCUT2D eigenvalue weighted by molar-refractivity contribution is 7.99. The van der Waals surface area contributed by atoms with Crippen molar-refractivity contribution in [3.8, 4) is 0 Å². The van der Waals surface area contributed by atoms with Crippen molar-refractivity contribution in [1.29, 1.82) is 0 Å². The number of carbonyl (C=O) groups excluding carboxylic acids is 1. The monoisotopic (exact) mass is 210 g/mol. The highest BCUT2D eigenvalue weighted by atomic mass is 32.2. The topological polar surface area (TPSA) is 42.9 Å². The average Bonchev–Trinajstić information content (AvgIpc) is 2.26. The second-order valence-corrected chi connectivity index (χ2v) is 4.51. The van der Waals surface area contributed by atoms with Crippen LogP contribution in [0.1, 0.15) is 36.5 Å². The molecule has 4 heteroatoms. The fraction of sp³-hybridized carbons (Fsp3) is 0.500. The summed E-state index contributed by atoms with van der Waals surface area (Å²) in [5.74, 6) is 1.61. The fourth-order valence-corrected chi connectivity index (χ4v) is 1.65. The predicted octanol–water partition coefficient (Wildman–Crippen LogP) is 2.32. The SMILES string of the molecule is CCC(C)SCc1ncc(C=O)cn1. The summed E-state index contributed by atoms with van der Waals surface area (Å²) in [5, 5.41) is 0.629. The molecule has 0 bridgehead atoms. The molecule has 0 saturated carbocycles. The molecular formula is C10H14N2OS. The van der Waals surface area contributed by atoms with Gasteiger partial charge >= 0.3 is 0 Å². The zero-order chi connectivity index (χ0) is 10.4. The summed E-state index contributed by atoms with van der Waals surface area (Å²) < 4.78 is 0. The van der Waals surface area contributed by atoms with Crippen LogP contribution in [0.4, 0.5) is 0 Å². The van der Waals surface area contributed by atoms with Crippen LogP contribution < -0.4 is 0 Å². The molecule has 0 aliphatic rings. The van der Waals surface area contributed by atoms with Crippen LogP contribution >= 0.6 is 11.8 Å². The van der Waals surface area contributed by atoms with Crippen LogP contribution in [0, 0.1) is 0 Å². The van der Waals surface area contributed by atoms with E-state index in [1.54, 1.807) is 12.4 Å². The van der Waals surface area contributed by atoms with E-state index in [1.807, 2.05) is 11.8 Å². The standard InChI is InChI=1S/C10H14N2OS/c1-3-8(2)14-7-10-11-4-9(6-13)5-12-10/h4-6,8H,3,7H2,1-2H3. The van der Waals surface area contributed by atoms with Gasteiger partial charge in [0.05, 0.1) is 11.3 Å². The molecule has 1 heterocycles. The minimum Gasteiger partial charge on any atom is -0.298 e. The van der Waals surface area contributed by atoms with E-state index in [1.165, 1.54) is 0 Å². The molecule has 14 heavy (non-hydrogen) atoms. The number of hydrogen-bond acceptors (Lipinski definition) is 4. The van der Waals surface area contributed by atoms with E-state index in [0.29, 0.717) is 10.8 Å². The van der Waals surface area contributed by atoms with Gasteiger partial charge < -0.3 is 0 Å². The molecule has 1 aromatic rings. The van der Waals surface area contributed by atoms with Crippen molar-refractivity contribution in [3.05, 3.63) is 23.8 Å². The molecule has 0 N–H and O–H groups in total. The lowest BCUT2D eigenvalue weighted by Crippen LogP contribution is -1.98. The third-order valence-corrected chi connectivity index (χ3v) is 3.26. The number of hydrogen-bond donors (Lipinski definition) is 0. The van der Waals surface area contributed by atoms with E-state index in [9.17, 15) is 4.79 Å². The Balaban J connectivity index is 2.47. The number of aldehydes is 1. The van der Waals surface area contributed by atoms with Crippen LogP contribution in [0.2, 0.25) is 0 Å². The van der Waals surface area contributed by atoms with Gasteiger partial charge in [-0.3, -0.25) is 4.79 Å². The maximum absolute atomic E-state index is 10.3. The number of carbonyl (C=O) groups is 1. The molecule has 0 aliphatic carbocycles. The average molecular weight is 210 g/mol. The first kappa shape index (κ1) is 11.2. The fourth-order valence-electron chi connectivity index (χ4n) is 0.835. The zero-order valence-electron chi connectivity index (χ0n) is 8.43. The van der Waals surface area contributed by atoms with E-state index in [2.05, 4.69) is 23.8 Å². The van der Waals surface area contributed by atoms with Crippen LogP contribution in [0.5, 0.6) is 0 Å². The number of aromatic nitrogens is 2. The second-order valence-electron chi connectivity index (χ2n) is 3.08. The smallest absolute Gasteiger partial charge is 0.153 e. The molecule has 0 spiro atoms. The molecule has 1 rings (SSSR count). The summed E-state index contributed by atoms with van der Waals surface area (Å²) >= 11 is 1.83. The lowest BCUT2D eigenvalue weighted by atomic mass is 10.4. The van der Waals surface area contributed by atoms with Gasteiger partial charge in [0, 0.05) is 17.6 Å². The highest BCUT2D eigenvalue weighted by Gasteiger charge is 2.02. The molecule has 0 radical (unpaired) electrons. The highest BCUT2D eigenvalue weighted by Crippen LogP contribution is 2.17. The molecule has 0 aliphatic heterocycles. The van der Waals surface area contributed by atoms with E-state index >= 15 is 0 Å². The third kappa shape index (κ3) is 3.46. The predicted molar refractivity (Wildman–Crippen MR) is 58.5 cm³/mol. The Kier molecular flexibility index (Phi) is 4.59. The van der Waals surface area contributed by atoms with Gasteiger partial charge in [-0.1, -0.05) is 13.8 Å². The molecule has 1 atom stereocenters. The van der Waals surface area contributed by atoms with Crippen LogP contribution in [0.15, 0.2) is 12.4 Å². The van der Waals surface area contributed by atoms with E-state index in [0.717, 1.165) is 24.3 Å². The van der Waals surface area contributed by atoms with Crippen molar-refractivity contribution in [1.82, 2.24) is 9.97 Å². The molecule has 0 aromatic carbocycles. The Morgan fingerprint density at radius 2 is 2.14 bits per heavy atom. The van der Waals surface area contributed by atoms with Crippen LogP contribution in [-0.2, 0) is 5.75 Å². The van der Waals surface area contributed by atoms with E-state index in [4.69, 9.17) is 0 Å². The molecule has 3 nitrogen and oxygen atoms in total. The summed E-state index contributed by atoms with van der Waals surface area (Å²) in [6, 6.07) is 0. The number of rotatable bonds is 5. The van der Waals surface area contributed by atoms with Crippen LogP contribution in [0.3, 0.4) is 0 Å². The van der Waals surface area contributed by atoms with Crippen molar-refractivity contribution >= 4 is 18.0 Å². The zero-order valence-corrected chi connectivity index (χ0v) is 9.25. The molecule has 0 saturated heterocycles. The van der Waals surface area contributed by atoms with Gasteiger partial charge in [0.25, 0.3) is 0 Å². The first-order chi connectivity index (χ1) is 6.76. The normalized spacial score (nSPS) is 12.4. The van der Waals surface area contributed by atoms with Gasteiger partial charge in [-0.25, -0.2) is 9.97 Å². The van der Waals surface area contributed by atoms with Crippen molar-refractivity contribution < 1.29 is 4.79 Å². The van der Waals surface area contributed by atoms with Crippen molar-refractivity contribution in [2.24, 2.45) is 0 Å². The third-order valence-electron chi connectivity index (χ3n) is 1.93. The molecule has 0 fully saturated rings. The van der Waals surface area contributed by atoms with Crippen LogP contribution in [-0.4, -0.2) is 21.5 Å². The summed E-state index contributed by atoms with van der Waals surface area (Å²) in [5.41, 5.74) is 0.530. The van der Waals surface area contributed by atoms with Gasteiger partial charge in [-0.15, -0.1) is 0 Å². The summed E-state index contributed by atoms with van der Waals surface area (Å²) in [4.78, 5) is 18.5. The van der Waals surface area contributed by atoms with Gasteiger partial charge in [0.15, 0.2) is 6.29 Å².